The van der Waals surface area contributed by atoms with Gasteiger partial charge in [-0.05, 0) is 29.8 Å². The van der Waals surface area contributed by atoms with Crippen LogP contribution in [-0.4, -0.2) is 58.0 Å². The van der Waals surface area contributed by atoms with Gasteiger partial charge in [0.1, 0.15) is 16.4 Å². The third kappa shape index (κ3) is 4.55. The van der Waals surface area contributed by atoms with Gasteiger partial charge in [-0.1, -0.05) is 23.7 Å². The molecule has 0 aromatic heterocycles. The summed E-state index contributed by atoms with van der Waals surface area (Å²) in [5, 5.41) is 0.707. The summed E-state index contributed by atoms with van der Waals surface area (Å²) in [6.07, 6.45) is 0. The summed E-state index contributed by atoms with van der Waals surface area (Å²) in [4.78, 5) is 2.35. The van der Waals surface area contributed by atoms with Crippen molar-refractivity contribution in [2.45, 2.75) is 11.4 Å². The highest BCUT2D eigenvalue weighted by molar-refractivity contribution is 7.89. The van der Waals surface area contributed by atoms with E-state index in [4.69, 9.17) is 21.1 Å². The van der Waals surface area contributed by atoms with Crippen LogP contribution in [0.15, 0.2) is 47.4 Å². The third-order valence-corrected chi connectivity index (χ3v) is 6.77. The van der Waals surface area contributed by atoms with E-state index >= 15 is 0 Å². The molecular formula is C19H23ClN2O4S. The van der Waals surface area contributed by atoms with Gasteiger partial charge in [-0.25, -0.2) is 8.42 Å². The fourth-order valence-corrected chi connectivity index (χ4v) is 4.95. The van der Waals surface area contributed by atoms with Crippen LogP contribution in [0, 0.1) is 0 Å². The standard InChI is InChI=1S/C19H23ClN2O4S/c1-25-17-6-7-18(26-2)19(13-17)27(23,24)22-10-8-21(9-11-22)14-15-4-3-5-16(20)12-15/h3-7,12-13H,8-11,14H2,1-2H3. The monoisotopic (exact) mass is 410 g/mol. The Hall–Kier alpha value is -1.80. The number of sulfonamides is 1. The molecule has 2 aromatic carbocycles. The van der Waals surface area contributed by atoms with Gasteiger partial charge in [0.05, 0.1) is 14.2 Å². The Morgan fingerprint density at radius 2 is 1.74 bits per heavy atom. The quantitative estimate of drug-likeness (QED) is 0.732. The highest BCUT2D eigenvalue weighted by atomic mass is 35.5. The number of nitrogens with zero attached hydrogens (tertiary/aromatic N) is 2. The van der Waals surface area contributed by atoms with E-state index in [1.807, 2.05) is 24.3 Å². The second-order valence-electron chi connectivity index (χ2n) is 6.33. The van der Waals surface area contributed by atoms with Crippen molar-refractivity contribution in [3.8, 4) is 11.5 Å². The van der Waals surface area contributed by atoms with Crippen LogP contribution in [0.2, 0.25) is 5.02 Å². The lowest BCUT2D eigenvalue weighted by atomic mass is 10.2. The molecule has 0 N–H and O–H groups in total. The summed E-state index contributed by atoms with van der Waals surface area (Å²) in [6.45, 7) is 2.89. The molecule has 0 radical (unpaired) electrons. The van der Waals surface area contributed by atoms with E-state index in [-0.39, 0.29) is 4.90 Å². The maximum absolute atomic E-state index is 13.1. The lowest BCUT2D eigenvalue weighted by Crippen LogP contribution is -2.48. The number of hydrogen-bond donors (Lipinski definition) is 0. The predicted molar refractivity (Wildman–Crippen MR) is 105 cm³/mol. The normalized spacial score (nSPS) is 16.3. The van der Waals surface area contributed by atoms with Crippen LogP contribution < -0.4 is 9.47 Å². The van der Waals surface area contributed by atoms with Crippen molar-refractivity contribution in [3.63, 3.8) is 0 Å². The van der Waals surface area contributed by atoms with Crippen molar-refractivity contribution < 1.29 is 17.9 Å². The van der Waals surface area contributed by atoms with Crippen molar-refractivity contribution in [3.05, 3.63) is 53.1 Å². The first-order chi connectivity index (χ1) is 12.9. The Balaban J connectivity index is 1.71. The SMILES string of the molecule is COc1ccc(OC)c(S(=O)(=O)N2CCN(Cc3cccc(Cl)c3)CC2)c1. The van der Waals surface area contributed by atoms with E-state index in [9.17, 15) is 8.42 Å². The van der Waals surface area contributed by atoms with Gasteiger partial charge in [-0.2, -0.15) is 4.31 Å². The van der Waals surface area contributed by atoms with Crippen LogP contribution >= 0.6 is 11.6 Å². The van der Waals surface area contributed by atoms with E-state index < -0.39 is 10.0 Å². The summed E-state index contributed by atoms with van der Waals surface area (Å²) in [6, 6.07) is 12.5. The Morgan fingerprint density at radius 3 is 2.37 bits per heavy atom. The van der Waals surface area contributed by atoms with Crippen molar-refractivity contribution in [2.75, 3.05) is 40.4 Å². The number of halogens is 1. The Labute approximate surface area is 165 Å². The molecular weight excluding hydrogens is 388 g/mol. The van der Waals surface area contributed by atoms with Crippen LogP contribution in [0.3, 0.4) is 0 Å². The molecule has 1 heterocycles. The molecule has 27 heavy (non-hydrogen) atoms. The number of methoxy groups -OCH3 is 2. The van der Waals surface area contributed by atoms with Gasteiger partial charge in [0.15, 0.2) is 0 Å². The molecule has 8 heteroatoms. The molecule has 0 unspecified atom stereocenters. The first-order valence-corrected chi connectivity index (χ1v) is 10.4. The van der Waals surface area contributed by atoms with E-state index in [0.717, 1.165) is 12.1 Å². The lowest BCUT2D eigenvalue weighted by molar-refractivity contribution is 0.181. The van der Waals surface area contributed by atoms with Gasteiger partial charge < -0.3 is 9.47 Å². The van der Waals surface area contributed by atoms with E-state index in [2.05, 4.69) is 4.90 Å². The van der Waals surface area contributed by atoms with Crippen LogP contribution in [0.5, 0.6) is 11.5 Å². The Kier molecular flexibility index (Phi) is 6.26. The number of rotatable bonds is 6. The van der Waals surface area contributed by atoms with Crippen LogP contribution in [0.25, 0.3) is 0 Å². The molecule has 6 nitrogen and oxygen atoms in total. The molecule has 1 saturated heterocycles. The summed E-state index contributed by atoms with van der Waals surface area (Å²) in [7, 11) is -0.691. The van der Waals surface area contributed by atoms with E-state index in [1.165, 1.54) is 24.6 Å². The average Bonchev–Trinajstić information content (AvgIpc) is 2.68. The summed E-state index contributed by atoms with van der Waals surface area (Å²) in [5.74, 6) is 0.797. The molecule has 0 spiro atoms. The molecule has 1 aliphatic rings. The summed E-state index contributed by atoms with van der Waals surface area (Å²) in [5.41, 5.74) is 1.12. The molecule has 0 bridgehead atoms. The number of benzene rings is 2. The second-order valence-corrected chi connectivity index (χ2v) is 8.67. The van der Waals surface area contributed by atoms with E-state index in [1.54, 1.807) is 12.1 Å². The molecule has 1 fully saturated rings. The highest BCUT2D eigenvalue weighted by Gasteiger charge is 2.31. The highest BCUT2D eigenvalue weighted by Crippen LogP contribution is 2.31. The minimum absolute atomic E-state index is 0.132. The zero-order valence-electron chi connectivity index (χ0n) is 15.4. The van der Waals surface area contributed by atoms with Gasteiger partial charge >= 0.3 is 0 Å². The van der Waals surface area contributed by atoms with Crippen molar-refractivity contribution in [1.29, 1.82) is 0 Å². The molecule has 0 saturated carbocycles. The molecule has 1 aliphatic heterocycles. The molecule has 0 atom stereocenters. The molecule has 3 rings (SSSR count). The third-order valence-electron chi connectivity index (χ3n) is 4.62. The lowest BCUT2D eigenvalue weighted by Gasteiger charge is -2.34. The molecule has 0 amide bonds. The summed E-state index contributed by atoms with van der Waals surface area (Å²) >= 11 is 6.04. The zero-order chi connectivity index (χ0) is 19.4. The Morgan fingerprint density at radius 1 is 1.00 bits per heavy atom. The van der Waals surface area contributed by atoms with Gasteiger partial charge in [-0.3, -0.25) is 4.90 Å². The Bertz CT molecular complexity index is 896. The minimum Gasteiger partial charge on any atom is -0.497 e. The van der Waals surface area contributed by atoms with Gasteiger partial charge in [0.2, 0.25) is 10.0 Å². The first kappa shape index (κ1) is 19.9. The van der Waals surface area contributed by atoms with E-state index in [0.29, 0.717) is 42.7 Å². The van der Waals surface area contributed by atoms with Gasteiger partial charge in [0, 0.05) is 43.8 Å². The van der Waals surface area contributed by atoms with Crippen molar-refractivity contribution >= 4 is 21.6 Å². The fourth-order valence-electron chi connectivity index (χ4n) is 3.15. The van der Waals surface area contributed by atoms with Crippen molar-refractivity contribution in [1.82, 2.24) is 9.21 Å². The maximum Gasteiger partial charge on any atom is 0.246 e. The molecule has 146 valence electrons. The van der Waals surface area contributed by atoms with Crippen LogP contribution in [-0.2, 0) is 16.6 Å². The maximum atomic E-state index is 13.1. The molecule has 2 aromatic rings. The minimum atomic E-state index is -3.66. The molecule has 0 aliphatic carbocycles. The van der Waals surface area contributed by atoms with Crippen LogP contribution in [0.4, 0.5) is 0 Å². The number of ether oxygens (including phenoxy) is 2. The zero-order valence-corrected chi connectivity index (χ0v) is 17.0. The summed E-state index contributed by atoms with van der Waals surface area (Å²) < 4.78 is 38.1. The largest absolute Gasteiger partial charge is 0.497 e. The van der Waals surface area contributed by atoms with Crippen LogP contribution in [0.1, 0.15) is 5.56 Å². The van der Waals surface area contributed by atoms with Gasteiger partial charge in [-0.15, -0.1) is 0 Å². The predicted octanol–water partition coefficient (Wildman–Crippen LogP) is 2.86. The first-order valence-electron chi connectivity index (χ1n) is 8.63. The smallest absolute Gasteiger partial charge is 0.246 e. The number of piperazine rings is 1. The average molecular weight is 411 g/mol. The fraction of sp³-hybridized carbons (Fsp3) is 0.368. The topological polar surface area (TPSA) is 59.1 Å². The second kappa shape index (κ2) is 8.48. The number of hydrogen-bond acceptors (Lipinski definition) is 5. The van der Waals surface area contributed by atoms with Gasteiger partial charge in [0.25, 0.3) is 0 Å². The van der Waals surface area contributed by atoms with Crippen molar-refractivity contribution in [2.24, 2.45) is 0 Å².